The van der Waals surface area contributed by atoms with Crippen LogP contribution in [0, 0.1) is 6.92 Å². The molecule has 0 bridgehead atoms. The summed E-state index contributed by atoms with van der Waals surface area (Å²) in [7, 11) is 0. The number of hydrogen-bond acceptors (Lipinski definition) is 3. The second kappa shape index (κ2) is 6.03. The average molecular weight is 278 g/mol. The molecule has 1 N–H and O–H groups in total. The van der Waals surface area contributed by atoms with Crippen LogP contribution in [0.4, 0.5) is 0 Å². The number of pyridine rings is 1. The molecule has 3 nitrogen and oxygen atoms in total. The molecule has 0 fully saturated rings. The molecule has 86 valence electrons. The second-order valence-corrected chi connectivity index (χ2v) is 4.78. The van der Waals surface area contributed by atoms with Crippen LogP contribution in [0.3, 0.4) is 0 Å². The van der Waals surface area contributed by atoms with Gasteiger partial charge in [-0.3, -0.25) is 4.98 Å². The lowest BCUT2D eigenvalue weighted by molar-refractivity contribution is 0.0702. The largest absolute Gasteiger partial charge is 0.477 e. The molecule has 2 rings (SSSR count). The molecule has 2 heterocycles. The second-order valence-electron chi connectivity index (χ2n) is 2.89. The van der Waals surface area contributed by atoms with Gasteiger partial charge < -0.3 is 5.11 Å². The Hall–Kier alpha value is -0.840. The number of hydrogen-bond donors (Lipinski definition) is 1. The molecular formula is C10H9Cl2NO2S. The van der Waals surface area contributed by atoms with E-state index in [2.05, 4.69) is 4.98 Å². The van der Waals surface area contributed by atoms with Gasteiger partial charge in [-0.1, -0.05) is 0 Å². The molecule has 0 spiro atoms. The first-order valence-corrected chi connectivity index (χ1v) is 6.18. The fraction of sp³-hybridized carbons (Fsp3) is 0.200. The highest BCUT2D eigenvalue weighted by Crippen LogP contribution is 2.26. The molecule has 0 aromatic carbocycles. The molecule has 6 heteroatoms. The summed E-state index contributed by atoms with van der Waals surface area (Å²) < 4.78 is 0.928. The van der Waals surface area contributed by atoms with Crippen LogP contribution in [-0.2, 0) is 0 Å². The molecule has 0 unspecified atom stereocenters. The van der Waals surface area contributed by atoms with Crippen LogP contribution < -0.4 is 0 Å². The van der Waals surface area contributed by atoms with Gasteiger partial charge in [-0.15, -0.1) is 34.5 Å². The van der Waals surface area contributed by atoms with Crippen molar-refractivity contribution in [3.63, 3.8) is 0 Å². The van der Waals surface area contributed by atoms with Crippen molar-refractivity contribution in [3.8, 4) is 0 Å². The fourth-order valence-electron chi connectivity index (χ4n) is 1.20. The zero-order chi connectivity index (χ0) is 12.1. The van der Waals surface area contributed by atoms with Crippen LogP contribution in [0.2, 0.25) is 0 Å². The smallest absolute Gasteiger partial charge is 0.345 e. The van der Waals surface area contributed by atoms with Crippen molar-refractivity contribution >= 4 is 50.6 Å². The van der Waals surface area contributed by atoms with E-state index in [1.54, 1.807) is 18.5 Å². The van der Waals surface area contributed by atoms with Gasteiger partial charge in [0.25, 0.3) is 0 Å². The van der Waals surface area contributed by atoms with Crippen LogP contribution in [0.25, 0.3) is 10.1 Å². The first kappa shape index (κ1) is 13.2. The SMILES string of the molecule is Cc1cncc2sc(C(=O)O)cc12.ClCCl. The monoisotopic (exact) mass is 277 g/mol. The lowest BCUT2D eigenvalue weighted by atomic mass is 10.2. The Bertz CT molecular complexity index is 499. The zero-order valence-electron chi connectivity index (χ0n) is 8.41. The quantitative estimate of drug-likeness (QED) is 0.809. The van der Waals surface area contributed by atoms with Crippen LogP contribution in [0.5, 0.6) is 0 Å². The Morgan fingerprint density at radius 3 is 2.62 bits per heavy atom. The Kier molecular flexibility index (Phi) is 4.99. The van der Waals surface area contributed by atoms with Gasteiger partial charge in [0.1, 0.15) is 4.88 Å². The maximum absolute atomic E-state index is 10.7. The number of carboxylic acids is 1. The van der Waals surface area contributed by atoms with Crippen molar-refractivity contribution in [2.24, 2.45) is 0 Å². The molecule has 0 atom stereocenters. The standard InChI is InChI=1S/C9H7NO2S.CH2Cl2/c1-5-3-10-4-8-6(5)2-7(13-8)9(11)12;2-1-3/h2-4H,1H3,(H,11,12);1H2. The number of halogens is 2. The van der Waals surface area contributed by atoms with E-state index < -0.39 is 5.97 Å². The third-order valence-electron chi connectivity index (χ3n) is 1.86. The molecule has 16 heavy (non-hydrogen) atoms. The van der Waals surface area contributed by atoms with Gasteiger partial charge in [0.15, 0.2) is 0 Å². The normalized spacial score (nSPS) is 9.69. The van der Waals surface area contributed by atoms with Gasteiger partial charge in [0.05, 0.1) is 10.0 Å². The number of alkyl halides is 2. The number of carboxylic acid groups (broad SMARTS) is 1. The summed E-state index contributed by atoms with van der Waals surface area (Å²) in [5.74, 6) is -0.874. The predicted molar refractivity (Wildman–Crippen MR) is 67.9 cm³/mol. The van der Waals surface area contributed by atoms with Gasteiger partial charge in [-0.2, -0.15) is 0 Å². The zero-order valence-corrected chi connectivity index (χ0v) is 10.7. The highest BCUT2D eigenvalue weighted by molar-refractivity contribution is 7.20. The number of aromatic carboxylic acids is 1. The molecular weight excluding hydrogens is 269 g/mol. The van der Waals surface area contributed by atoms with Gasteiger partial charge in [-0.05, 0) is 23.9 Å². The lowest BCUT2D eigenvalue weighted by Gasteiger charge is -1.90. The minimum atomic E-state index is -0.874. The van der Waals surface area contributed by atoms with Gasteiger partial charge >= 0.3 is 5.97 Å². The summed E-state index contributed by atoms with van der Waals surface area (Å²) in [5.41, 5.74) is 1.02. The summed E-state index contributed by atoms with van der Waals surface area (Å²) in [6.45, 7) is 1.92. The molecule has 0 radical (unpaired) electrons. The van der Waals surface area contributed by atoms with Crippen LogP contribution >= 0.6 is 34.5 Å². The van der Waals surface area contributed by atoms with E-state index in [4.69, 9.17) is 28.3 Å². The summed E-state index contributed by atoms with van der Waals surface area (Å²) in [6, 6.07) is 1.69. The molecule has 2 aromatic heterocycles. The molecule has 0 saturated carbocycles. The fourth-order valence-corrected chi connectivity index (χ4v) is 2.15. The van der Waals surface area contributed by atoms with Gasteiger partial charge in [0.2, 0.25) is 0 Å². The minimum Gasteiger partial charge on any atom is -0.477 e. The van der Waals surface area contributed by atoms with Crippen molar-refractivity contribution in [3.05, 3.63) is 28.9 Å². The molecule has 0 aliphatic rings. The maximum atomic E-state index is 10.7. The number of rotatable bonds is 1. The third-order valence-corrected chi connectivity index (χ3v) is 2.91. The number of nitrogens with zero attached hydrogens (tertiary/aromatic N) is 1. The van der Waals surface area contributed by atoms with Gasteiger partial charge in [-0.25, -0.2) is 4.79 Å². The first-order valence-electron chi connectivity index (χ1n) is 4.29. The highest BCUT2D eigenvalue weighted by atomic mass is 35.5. The molecule has 0 aliphatic heterocycles. The molecule has 0 saturated heterocycles. The van der Waals surface area contributed by atoms with E-state index in [0.29, 0.717) is 4.88 Å². The molecule has 0 amide bonds. The Morgan fingerprint density at radius 2 is 2.12 bits per heavy atom. The van der Waals surface area contributed by atoms with Crippen LogP contribution in [0.1, 0.15) is 15.2 Å². The van der Waals surface area contributed by atoms with E-state index in [-0.39, 0.29) is 5.34 Å². The van der Waals surface area contributed by atoms with Crippen LogP contribution in [-0.4, -0.2) is 21.4 Å². The lowest BCUT2D eigenvalue weighted by Crippen LogP contribution is -1.89. The summed E-state index contributed by atoms with van der Waals surface area (Å²) >= 11 is 10.8. The Morgan fingerprint density at radius 1 is 1.50 bits per heavy atom. The van der Waals surface area contributed by atoms with Crippen molar-refractivity contribution < 1.29 is 9.90 Å². The minimum absolute atomic E-state index is 0.194. The number of thiophene rings is 1. The average Bonchev–Trinajstić information content (AvgIpc) is 2.64. The summed E-state index contributed by atoms with van der Waals surface area (Å²) in [5, 5.41) is 9.94. The Balaban J connectivity index is 0.000000386. The Labute approximate surface area is 107 Å². The van der Waals surface area contributed by atoms with Crippen molar-refractivity contribution in [1.82, 2.24) is 4.98 Å². The summed E-state index contributed by atoms with van der Waals surface area (Å²) in [6.07, 6.45) is 3.43. The number of aromatic nitrogens is 1. The van der Waals surface area contributed by atoms with Crippen molar-refractivity contribution in [2.45, 2.75) is 6.92 Å². The van der Waals surface area contributed by atoms with Crippen molar-refractivity contribution in [1.29, 1.82) is 0 Å². The van der Waals surface area contributed by atoms with E-state index in [9.17, 15) is 4.79 Å². The maximum Gasteiger partial charge on any atom is 0.345 e. The predicted octanol–water partition coefficient (Wildman–Crippen LogP) is 3.72. The van der Waals surface area contributed by atoms with Gasteiger partial charge in [0, 0.05) is 12.4 Å². The highest BCUT2D eigenvalue weighted by Gasteiger charge is 2.09. The topological polar surface area (TPSA) is 50.2 Å². The first-order chi connectivity index (χ1) is 7.60. The van der Waals surface area contributed by atoms with E-state index in [0.717, 1.165) is 15.6 Å². The van der Waals surface area contributed by atoms with E-state index >= 15 is 0 Å². The van der Waals surface area contributed by atoms with E-state index in [1.165, 1.54) is 11.3 Å². The molecule has 0 aliphatic carbocycles. The van der Waals surface area contributed by atoms with Crippen molar-refractivity contribution in [2.75, 3.05) is 5.34 Å². The number of carbonyl (C=O) groups is 1. The van der Waals surface area contributed by atoms with E-state index in [1.807, 2.05) is 6.92 Å². The number of aryl methyl sites for hydroxylation is 1. The third kappa shape index (κ3) is 3.07. The summed E-state index contributed by atoms with van der Waals surface area (Å²) in [4.78, 5) is 15.0. The molecule has 2 aromatic rings. The number of fused-ring (bicyclic) bond motifs is 1. The van der Waals surface area contributed by atoms with Crippen LogP contribution in [0.15, 0.2) is 18.5 Å².